The number of ether oxygens (including phenoxy) is 6. The molecule has 0 radical (unpaired) electrons. The number of anilines is 4. The maximum atomic E-state index is 13.0. The first kappa shape index (κ1) is 65.7. The molecule has 0 bridgehead atoms. The summed E-state index contributed by atoms with van der Waals surface area (Å²) in [6, 6.07) is 26.1. The SMILES string of the molecule is COCCOc1nnc(-c2cc(NC(=O)c3ccnc(C(C)(C)C#N)c3)ccc2C)cc1N1CCOCC1.COCCOc1nnc(Cl)cc1N1CCOCC1.Cc1ccc(NC(=O)c2ccnc(C(C)(C)C#N)c2)cc1B1OC(C)(C)C(C)(C)O1. The third kappa shape index (κ3) is 17.0. The second kappa shape index (κ2) is 29.5. The molecule has 2 N–H and O–H groups in total. The highest BCUT2D eigenvalue weighted by atomic mass is 35.5. The van der Waals surface area contributed by atoms with E-state index < -0.39 is 29.2 Å². The molecule has 24 heteroatoms. The van der Waals surface area contributed by atoms with Crippen molar-refractivity contribution in [3.05, 3.63) is 124 Å². The minimum absolute atomic E-state index is 0.267. The highest BCUT2D eigenvalue weighted by Crippen LogP contribution is 2.38. The van der Waals surface area contributed by atoms with Crippen LogP contribution in [-0.4, -0.2) is 154 Å². The molecule has 0 unspecified atom stereocenters. The summed E-state index contributed by atoms with van der Waals surface area (Å²) in [5.74, 6) is 0.372. The number of methoxy groups -OCH3 is 2. The second-order valence-corrected chi connectivity index (χ2v) is 23.0. The third-order valence-electron chi connectivity index (χ3n) is 14.9. The summed E-state index contributed by atoms with van der Waals surface area (Å²) in [6.07, 6.45) is 3.09. The van der Waals surface area contributed by atoms with Crippen molar-refractivity contribution < 1.29 is 47.3 Å². The summed E-state index contributed by atoms with van der Waals surface area (Å²) in [5, 5.41) is 41.6. The van der Waals surface area contributed by atoms with Crippen LogP contribution in [-0.2, 0) is 39.1 Å². The van der Waals surface area contributed by atoms with E-state index in [1.54, 1.807) is 84.6 Å². The van der Waals surface area contributed by atoms with E-state index in [4.69, 9.17) is 49.3 Å². The number of rotatable bonds is 18. The average molecular weight is 1200 g/mol. The van der Waals surface area contributed by atoms with Gasteiger partial charge >= 0.3 is 7.12 Å². The quantitative estimate of drug-likeness (QED) is 0.0603. The fourth-order valence-electron chi connectivity index (χ4n) is 8.83. The fourth-order valence-corrected chi connectivity index (χ4v) is 8.97. The lowest BCUT2D eigenvalue weighted by Crippen LogP contribution is -2.41. The molecule has 3 aliphatic heterocycles. The van der Waals surface area contributed by atoms with Crippen molar-refractivity contribution in [2.75, 3.05) is 114 Å². The zero-order chi connectivity index (χ0) is 62.2. The minimum atomic E-state index is -0.802. The van der Waals surface area contributed by atoms with Crippen LogP contribution in [0, 0.1) is 36.5 Å². The largest absolute Gasteiger partial charge is 0.495 e. The number of benzene rings is 2. The first-order valence-electron chi connectivity index (χ1n) is 28.2. The standard InChI is InChI=1S/C28H32N6O4.C23H28BN3O3.C11H16ClN3O3/c1-19-5-6-21(31-26(35)20-7-8-30-25(15-20)28(2,3)18-29)16-22(19)23-17-24(34-9-11-37-12-10-34)27(33-32-23)38-14-13-36-4;1-15-8-9-17(13-18(15)24-29-22(4,5)23(6,7)30-24)27-20(28)16-10-11-26-19(12-16)21(2,3)14-25;1-16-6-7-18-11-9(8-10(12)13-14-11)15-2-4-17-5-3-15/h5-8,15-17H,9-14H2,1-4H3,(H,31,35);8-13H,1-7H3,(H,27,28);8H,2-7H2,1H3. The average Bonchev–Trinajstić information content (AvgIpc) is 2.09. The van der Waals surface area contributed by atoms with Gasteiger partial charge in [0.15, 0.2) is 5.15 Å². The van der Waals surface area contributed by atoms with E-state index in [9.17, 15) is 20.1 Å². The molecule has 0 atom stereocenters. The number of carbonyl (C=O) groups excluding carboxylic acids is 2. The van der Waals surface area contributed by atoms with E-state index in [1.807, 2.05) is 84.0 Å². The topological polar surface area (TPSA) is 263 Å². The number of hydrogen-bond donors (Lipinski definition) is 2. The number of halogens is 1. The van der Waals surface area contributed by atoms with E-state index in [0.717, 1.165) is 59.7 Å². The molecule has 0 spiro atoms. The van der Waals surface area contributed by atoms with Gasteiger partial charge < -0.3 is 58.2 Å². The van der Waals surface area contributed by atoms with Crippen molar-refractivity contribution in [2.45, 2.75) is 91.3 Å². The zero-order valence-corrected chi connectivity index (χ0v) is 51.8. The summed E-state index contributed by atoms with van der Waals surface area (Å²) in [6.45, 7) is 26.5. The Labute approximate surface area is 508 Å². The monoisotopic (exact) mass is 1190 g/mol. The van der Waals surface area contributed by atoms with Gasteiger partial charge in [0.1, 0.15) is 24.6 Å². The summed E-state index contributed by atoms with van der Waals surface area (Å²) in [5.41, 5.74) is 6.86. The van der Waals surface area contributed by atoms with Crippen LogP contribution in [0.5, 0.6) is 11.8 Å². The Morgan fingerprint density at radius 3 is 1.56 bits per heavy atom. The molecule has 22 nitrogen and oxygen atoms in total. The Kier molecular flexibility index (Phi) is 22.5. The highest BCUT2D eigenvalue weighted by Gasteiger charge is 2.52. The van der Waals surface area contributed by atoms with Crippen molar-refractivity contribution >= 4 is 58.7 Å². The molecule has 86 heavy (non-hydrogen) atoms. The number of carbonyl (C=O) groups is 2. The molecule has 4 aromatic heterocycles. The Morgan fingerprint density at radius 2 is 1.08 bits per heavy atom. The van der Waals surface area contributed by atoms with E-state index in [0.29, 0.717) is 109 Å². The van der Waals surface area contributed by atoms with Crippen LogP contribution in [0.2, 0.25) is 5.15 Å². The highest BCUT2D eigenvalue weighted by molar-refractivity contribution is 6.62. The van der Waals surface area contributed by atoms with Gasteiger partial charge in [0.05, 0.1) is 90.9 Å². The molecule has 7 heterocycles. The van der Waals surface area contributed by atoms with Crippen LogP contribution in [0.3, 0.4) is 0 Å². The molecule has 3 aliphatic rings. The van der Waals surface area contributed by atoms with Gasteiger partial charge in [-0.25, -0.2) is 0 Å². The van der Waals surface area contributed by atoms with Crippen LogP contribution >= 0.6 is 11.6 Å². The van der Waals surface area contributed by atoms with Crippen LogP contribution in [0.4, 0.5) is 22.7 Å². The van der Waals surface area contributed by atoms with Crippen molar-refractivity contribution in [1.29, 1.82) is 10.5 Å². The lowest BCUT2D eigenvalue weighted by atomic mass is 9.76. The Morgan fingerprint density at radius 1 is 0.628 bits per heavy atom. The van der Waals surface area contributed by atoms with Crippen LogP contribution in [0.15, 0.2) is 85.2 Å². The van der Waals surface area contributed by atoms with E-state index in [1.165, 1.54) is 0 Å². The molecule has 0 aliphatic carbocycles. The molecule has 3 fully saturated rings. The smallest absolute Gasteiger partial charge is 0.473 e. The van der Waals surface area contributed by atoms with Crippen LogP contribution in [0.25, 0.3) is 11.3 Å². The van der Waals surface area contributed by atoms with Gasteiger partial charge in [-0.3, -0.25) is 19.6 Å². The third-order valence-corrected chi connectivity index (χ3v) is 15.1. The van der Waals surface area contributed by atoms with Crippen LogP contribution in [0.1, 0.15) is 98.6 Å². The van der Waals surface area contributed by atoms with E-state index >= 15 is 0 Å². The maximum absolute atomic E-state index is 13.0. The Balaban J connectivity index is 0.000000196. The molecule has 3 saturated heterocycles. The second-order valence-electron chi connectivity index (χ2n) is 22.6. The molecule has 454 valence electrons. The van der Waals surface area contributed by atoms with Gasteiger partial charge in [-0.1, -0.05) is 29.3 Å². The predicted molar refractivity (Wildman–Crippen MR) is 329 cm³/mol. The van der Waals surface area contributed by atoms with Crippen molar-refractivity contribution in [1.82, 2.24) is 30.4 Å². The van der Waals surface area contributed by atoms with Gasteiger partial charge in [-0.2, -0.15) is 10.5 Å². The molecule has 2 aromatic carbocycles. The van der Waals surface area contributed by atoms with Gasteiger partial charge in [-0.15, -0.1) is 20.4 Å². The first-order chi connectivity index (χ1) is 41.0. The fraction of sp³-hybridized carbons (Fsp3) is 0.452. The van der Waals surface area contributed by atoms with Gasteiger partial charge in [0, 0.05) is 86.9 Å². The number of nitrogens with zero attached hydrogens (tertiary/aromatic N) is 10. The number of nitriles is 2. The summed E-state index contributed by atoms with van der Waals surface area (Å²) < 4.78 is 44.6. The lowest BCUT2D eigenvalue weighted by molar-refractivity contribution is 0.00578. The number of aromatic nitrogens is 6. The number of aryl methyl sites for hydroxylation is 2. The molecule has 9 rings (SSSR count). The molecule has 6 aromatic rings. The Hall–Kier alpha value is -7.87. The predicted octanol–water partition coefficient (Wildman–Crippen LogP) is 8.50. The molecular weight excluding hydrogens is 1120 g/mol. The Bertz CT molecular complexity index is 3380. The number of nitrogens with one attached hydrogen (secondary N) is 2. The number of morpholine rings is 2. The molecule has 0 saturated carbocycles. The zero-order valence-electron chi connectivity index (χ0n) is 51.1. The number of amides is 2. The van der Waals surface area contributed by atoms with E-state index in [-0.39, 0.29) is 11.8 Å². The van der Waals surface area contributed by atoms with Crippen molar-refractivity contribution in [3.8, 4) is 35.2 Å². The van der Waals surface area contributed by atoms with E-state index in [2.05, 4.69) is 62.9 Å². The molecule has 2 amide bonds. The first-order valence-corrected chi connectivity index (χ1v) is 28.6. The minimum Gasteiger partial charge on any atom is -0.473 e. The lowest BCUT2D eigenvalue weighted by Gasteiger charge is -2.32. The van der Waals surface area contributed by atoms with Gasteiger partial charge in [-0.05, 0) is 135 Å². The number of hydrogen-bond acceptors (Lipinski definition) is 20. The van der Waals surface area contributed by atoms with Gasteiger partial charge in [0.2, 0.25) is 0 Å². The number of pyridine rings is 2. The van der Waals surface area contributed by atoms with Gasteiger partial charge in [0.25, 0.3) is 23.6 Å². The maximum Gasteiger partial charge on any atom is 0.495 e. The summed E-state index contributed by atoms with van der Waals surface area (Å²) in [4.78, 5) is 38.7. The summed E-state index contributed by atoms with van der Waals surface area (Å²) >= 11 is 5.89. The summed E-state index contributed by atoms with van der Waals surface area (Å²) in [7, 11) is 2.74. The van der Waals surface area contributed by atoms with Crippen molar-refractivity contribution in [3.63, 3.8) is 0 Å². The van der Waals surface area contributed by atoms with Crippen LogP contribution < -0.4 is 35.4 Å². The molecular formula is C62H76BClN12O10. The normalized spacial score (nSPS) is 15.4. The van der Waals surface area contributed by atoms with Crippen molar-refractivity contribution in [2.24, 2.45) is 0 Å².